The smallest absolute Gasteiger partial charge is 0.160 e. The molecule has 8 aromatic rings. The van der Waals surface area contributed by atoms with Gasteiger partial charge in [-0.2, -0.15) is 0 Å². The van der Waals surface area contributed by atoms with Gasteiger partial charge in [0.25, 0.3) is 0 Å². The van der Waals surface area contributed by atoms with E-state index in [1.165, 1.54) is 71.6 Å². The third kappa shape index (κ3) is 4.13. The average molecular weight is 617 g/mol. The van der Waals surface area contributed by atoms with Crippen LogP contribution in [0.2, 0.25) is 0 Å². The van der Waals surface area contributed by atoms with Crippen LogP contribution in [0.15, 0.2) is 175 Å². The molecular formula is C44H32N4. The van der Waals surface area contributed by atoms with Gasteiger partial charge in [-0.25, -0.2) is 0 Å². The van der Waals surface area contributed by atoms with E-state index in [9.17, 15) is 0 Å². The van der Waals surface area contributed by atoms with Crippen LogP contribution in [0.25, 0.3) is 66.1 Å². The van der Waals surface area contributed by atoms with Gasteiger partial charge >= 0.3 is 0 Å². The molecular weight excluding hydrogens is 585 g/mol. The van der Waals surface area contributed by atoms with Gasteiger partial charge in [0.15, 0.2) is 6.29 Å². The maximum Gasteiger partial charge on any atom is 0.160 e. The number of nitrogens with one attached hydrogen (secondary N) is 2. The Morgan fingerprint density at radius 2 is 1.06 bits per heavy atom. The number of benzene rings is 6. The summed E-state index contributed by atoms with van der Waals surface area (Å²) in [5.41, 5.74) is 12.0. The molecule has 6 aromatic carbocycles. The van der Waals surface area contributed by atoms with E-state index in [4.69, 9.17) is 0 Å². The minimum atomic E-state index is -0.140. The molecule has 0 radical (unpaired) electrons. The number of allylic oxidation sites excluding steroid dienone is 2. The van der Waals surface area contributed by atoms with Crippen LogP contribution in [-0.4, -0.2) is 15.2 Å². The van der Waals surface area contributed by atoms with Gasteiger partial charge in [0.1, 0.15) is 0 Å². The molecule has 48 heavy (non-hydrogen) atoms. The Balaban J connectivity index is 1.12. The van der Waals surface area contributed by atoms with E-state index in [0.717, 1.165) is 5.70 Å². The van der Waals surface area contributed by atoms with E-state index in [1.54, 1.807) is 0 Å². The molecule has 0 spiro atoms. The number of hydrogen-bond acceptors (Lipinski definition) is 2. The summed E-state index contributed by atoms with van der Waals surface area (Å²) in [5.74, 6) is 0. The monoisotopic (exact) mass is 616 g/mol. The van der Waals surface area contributed by atoms with Crippen molar-refractivity contribution in [2.24, 2.45) is 0 Å². The first-order chi connectivity index (χ1) is 23.8. The van der Waals surface area contributed by atoms with Crippen molar-refractivity contribution in [1.29, 1.82) is 0 Å². The van der Waals surface area contributed by atoms with Crippen molar-refractivity contribution in [2.75, 3.05) is 0 Å². The van der Waals surface area contributed by atoms with Gasteiger partial charge in [-0.3, -0.25) is 5.32 Å². The van der Waals surface area contributed by atoms with Crippen molar-refractivity contribution >= 4 is 49.3 Å². The maximum absolute atomic E-state index is 3.90. The fraction of sp³-hybridized carbons (Fsp3) is 0.0455. The number of nitrogens with zero attached hydrogens (tertiary/aromatic N) is 2. The molecule has 0 bridgehead atoms. The lowest BCUT2D eigenvalue weighted by atomic mass is 9.94. The number of hydrogen-bond donors (Lipinski definition) is 2. The van der Waals surface area contributed by atoms with Gasteiger partial charge in [0, 0.05) is 32.9 Å². The van der Waals surface area contributed by atoms with E-state index in [2.05, 4.69) is 190 Å². The SMILES string of the molecule is C1=CC2=C(c3ccccc3)NC(n3c4ccccc4c4cc(-c5ccc6c(c5)c5ccccc5n6-c5ccccc5)ccc43)NC2C=C1. The van der Waals surface area contributed by atoms with Gasteiger partial charge in [0.05, 0.1) is 28.1 Å². The molecule has 1 aliphatic carbocycles. The second-order valence-corrected chi connectivity index (χ2v) is 12.7. The van der Waals surface area contributed by atoms with Crippen LogP contribution in [0, 0.1) is 0 Å². The van der Waals surface area contributed by atoms with Gasteiger partial charge in [-0.1, -0.05) is 121 Å². The van der Waals surface area contributed by atoms with Crippen molar-refractivity contribution in [2.45, 2.75) is 12.3 Å². The van der Waals surface area contributed by atoms with Crippen LogP contribution in [0.5, 0.6) is 0 Å². The Labute approximate surface area is 278 Å². The van der Waals surface area contributed by atoms with E-state index < -0.39 is 0 Å². The Kier molecular flexibility index (Phi) is 6.05. The molecule has 2 aromatic heterocycles. The van der Waals surface area contributed by atoms with E-state index >= 15 is 0 Å². The average Bonchev–Trinajstić information content (AvgIpc) is 3.67. The largest absolute Gasteiger partial charge is 0.352 e. The van der Waals surface area contributed by atoms with Crippen molar-refractivity contribution in [3.8, 4) is 16.8 Å². The minimum absolute atomic E-state index is 0.108. The fourth-order valence-electron chi connectivity index (χ4n) is 7.82. The van der Waals surface area contributed by atoms with Crippen LogP contribution in [0.1, 0.15) is 11.9 Å². The molecule has 0 saturated heterocycles. The summed E-state index contributed by atoms with van der Waals surface area (Å²) >= 11 is 0. The topological polar surface area (TPSA) is 33.9 Å². The summed E-state index contributed by atoms with van der Waals surface area (Å²) in [4.78, 5) is 0. The third-order valence-electron chi connectivity index (χ3n) is 9.98. The zero-order chi connectivity index (χ0) is 31.6. The van der Waals surface area contributed by atoms with Gasteiger partial charge < -0.3 is 14.5 Å². The van der Waals surface area contributed by atoms with Crippen LogP contribution in [-0.2, 0) is 0 Å². The number of aromatic nitrogens is 2. The zero-order valence-electron chi connectivity index (χ0n) is 26.2. The van der Waals surface area contributed by atoms with Crippen LogP contribution in [0.4, 0.5) is 0 Å². The highest BCUT2D eigenvalue weighted by atomic mass is 15.3. The summed E-state index contributed by atoms with van der Waals surface area (Å²) in [6.45, 7) is 0. The highest BCUT2D eigenvalue weighted by molar-refractivity contribution is 6.12. The molecule has 2 aliphatic rings. The molecule has 0 saturated carbocycles. The van der Waals surface area contributed by atoms with Crippen LogP contribution < -0.4 is 10.6 Å². The summed E-state index contributed by atoms with van der Waals surface area (Å²) in [6.07, 6.45) is 8.59. The van der Waals surface area contributed by atoms with Crippen molar-refractivity contribution in [3.05, 3.63) is 181 Å². The number of para-hydroxylation sites is 3. The summed E-state index contributed by atoms with van der Waals surface area (Å²) in [7, 11) is 0. The minimum Gasteiger partial charge on any atom is -0.352 e. The lowest BCUT2D eigenvalue weighted by Gasteiger charge is -2.37. The highest BCUT2D eigenvalue weighted by Gasteiger charge is 2.30. The van der Waals surface area contributed by atoms with Crippen molar-refractivity contribution in [3.63, 3.8) is 0 Å². The number of fused-ring (bicyclic) bond motifs is 7. The first-order valence-electron chi connectivity index (χ1n) is 16.6. The normalized spacial score (nSPS) is 17.4. The summed E-state index contributed by atoms with van der Waals surface area (Å²) in [5, 5.41) is 12.8. The van der Waals surface area contributed by atoms with Crippen LogP contribution in [0.3, 0.4) is 0 Å². The fourth-order valence-corrected chi connectivity index (χ4v) is 7.82. The molecule has 0 amide bonds. The Bertz CT molecular complexity index is 2620. The zero-order valence-corrected chi connectivity index (χ0v) is 26.2. The second-order valence-electron chi connectivity index (χ2n) is 12.7. The third-order valence-corrected chi connectivity index (χ3v) is 9.98. The van der Waals surface area contributed by atoms with Gasteiger partial charge in [-0.15, -0.1) is 0 Å². The van der Waals surface area contributed by atoms with E-state index in [1.807, 2.05) is 0 Å². The van der Waals surface area contributed by atoms with E-state index in [0.29, 0.717) is 0 Å². The maximum atomic E-state index is 3.90. The van der Waals surface area contributed by atoms with Crippen molar-refractivity contribution < 1.29 is 0 Å². The molecule has 228 valence electrons. The predicted octanol–water partition coefficient (Wildman–Crippen LogP) is 10.1. The molecule has 10 rings (SSSR count). The summed E-state index contributed by atoms with van der Waals surface area (Å²) in [6, 6.07) is 52.8. The molecule has 0 fully saturated rings. The highest BCUT2D eigenvalue weighted by Crippen LogP contribution is 2.39. The van der Waals surface area contributed by atoms with Crippen molar-refractivity contribution in [1.82, 2.24) is 19.8 Å². The first kappa shape index (κ1) is 27.1. The standard InChI is InChI=1S/C44H32N4/c1-3-13-29(14-4-1)43-35-19-7-10-20-38(35)45-44(46-43)48-40-22-12-9-18-34(40)37-28-31(24-26-42(37)48)30-23-25-41-36(27-30)33-17-8-11-21-39(33)47(41)32-15-5-2-6-16-32/h1-28,38,44-46H. The lowest BCUT2D eigenvalue weighted by molar-refractivity contribution is 0.363. The molecule has 2 N–H and O–H groups in total. The predicted molar refractivity (Wildman–Crippen MR) is 200 cm³/mol. The molecule has 4 nitrogen and oxygen atoms in total. The Hall–Kier alpha value is -6.10. The van der Waals surface area contributed by atoms with Gasteiger partial charge in [0.2, 0.25) is 0 Å². The molecule has 1 aliphatic heterocycles. The van der Waals surface area contributed by atoms with E-state index in [-0.39, 0.29) is 12.3 Å². The molecule has 2 unspecified atom stereocenters. The molecule has 3 heterocycles. The lowest BCUT2D eigenvalue weighted by Crippen LogP contribution is -2.48. The second kappa shape index (κ2) is 10.7. The van der Waals surface area contributed by atoms with Crippen LogP contribution >= 0.6 is 0 Å². The summed E-state index contributed by atoms with van der Waals surface area (Å²) < 4.78 is 4.80. The number of rotatable bonds is 4. The Morgan fingerprint density at radius 3 is 1.83 bits per heavy atom. The molecule has 4 heteroatoms. The van der Waals surface area contributed by atoms with Gasteiger partial charge in [-0.05, 0) is 70.8 Å². The first-order valence-corrected chi connectivity index (χ1v) is 16.6. The molecule has 2 atom stereocenters. The quantitative estimate of drug-likeness (QED) is 0.206. The Morgan fingerprint density at radius 1 is 0.479 bits per heavy atom.